The second-order valence-corrected chi connectivity index (χ2v) is 5.91. The molecule has 0 amide bonds. The number of piperazine rings is 1. The lowest BCUT2D eigenvalue weighted by Crippen LogP contribution is -2.47. The summed E-state index contributed by atoms with van der Waals surface area (Å²) in [5.41, 5.74) is 0. The molecule has 0 atom stereocenters. The van der Waals surface area contributed by atoms with Gasteiger partial charge in [-0.3, -0.25) is 4.90 Å². The Balaban J connectivity index is 2.01. The van der Waals surface area contributed by atoms with Crippen molar-refractivity contribution >= 4 is 22.5 Å². The number of rotatable bonds is 6. The molecule has 0 spiro atoms. The average molecular weight is 313 g/mol. The smallest absolute Gasteiger partial charge is 0.227 e. The van der Waals surface area contributed by atoms with Crippen LogP contribution in [0.5, 0.6) is 0 Å². The van der Waals surface area contributed by atoms with Crippen molar-refractivity contribution in [1.29, 1.82) is 0 Å². The lowest BCUT2D eigenvalue weighted by atomic mass is 10.3. The molecule has 2 heterocycles. The summed E-state index contributed by atoms with van der Waals surface area (Å²) in [5.74, 6) is 1.81. The molecule has 21 heavy (non-hydrogen) atoms. The van der Waals surface area contributed by atoms with Gasteiger partial charge in [-0.25, -0.2) is 13.4 Å². The van der Waals surface area contributed by atoms with Crippen molar-refractivity contribution in [3.05, 3.63) is 12.3 Å². The van der Waals surface area contributed by atoms with Gasteiger partial charge in [0.2, 0.25) is 5.95 Å². The highest BCUT2D eigenvalue weighted by Crippen LogP contribution is 2.16. The second kappa shape index (κ2) is 7.56. The van der Waals surface area contributed by atoms with Crippen molar-refractivity contribution < 1.29 is 8.42 Å². The lowest BCUT2D eigenvalue weighted by Gasteiger charge is -2.33. The highest BCUT2D eigenvalue weighted by molar-refractivity contribution is 7.72. The van der Waals surface area contributed by atoms with E-state index >= 15 is 0 Å². The number of nitrogens with zero attached hydrogens (tertiary/aromatic N) is 5. The van der Waals surface area contributed by atoms with Crippen LogP contribution < -0.4 is 9.80 Å². The maximum absolute atomic E-state index is 10.8. The molecular weight excluding hydrogens is 290 g/mol. The van der Waals surface area contributed by atoms with Crippen LogP contribution in [0.3, 0.4) is 0 Å². The topological polar surface area (TPSA) is 69.6 Å². The Hall–Kier alpha value is -1.41. The Morgan fingerprint density at radius 2 is 1.86 bits per heavy atom. The van der Waals surface area contributed by atoms with Crippen LogP contribution in [0, 0.1) is 0 Å². The van der Waals surface area contributed by atoms with Gasteiger partial charge < -0.3 is 9.80 Å². The fourth-order valence-corrected chi connectivity index (χ4v) is 3.08. The quantitative estimate of drug-likeness (QED) is 0.742. The summed E-state index contributed by atoms with van der Waals surface area (Å²) in [7, 11) is -2.34. The van der Waals surface area contributed by atoms with Crippen LogP contribution in [0.4, 0.5) is 11.8 Å². The Morgan fingerprint density at radius 3 is 2.43 bits per heavy atom. The van der Waals surface area contributed by atoms with Crippen LogP contribution in [-0.4, -0.2) is 68.4 Å². The first-order chi connectivity index (χ1) is 10.1. The zero-order valence-corrected chi connectivity index (χ0v) is 13.5. The van der Waals surface area contributed by atoms with E-state index in [4.69, 9.17) is 0 Å². The Bertz CT molecular complexity index is 517. The normalized spacial score (nSPS) is 16.4. The molecule has 1 aromatic heterocycles. The average Bonchev–Trinajstić information content (AvgIpc) is 2.49. The number of aromatic nitrogens is 2. The molecule has 0 aliphatic carbocycles. The zero-order chi connectivity index (χ0) is 15.2. The Labute approximate surface area is 127 Å². The number of hydrogen-bond acceptors (Lipinski definition) is 7. The lowest BCUT2D eigenvalue weighted by molar-refractivity contribution is 0.294. The Morgan fingerprint density at radius 1 is 1.19 bits per heavy atom. The van der Waals surface area contributed by atoms with E-state index in [-0.39, 0.29) is 5.88 Å². The SMILES string of the molecule is CCN(CC)c1ccnc(N2CCN(C[SH](=O)=O)CC2)n1. The molecule has 0 bridgehead atoms. The maximum Gasteiger partial charge on any atom is 0.227 e. The van der Waals surface area contributed by atoms with Crippen molar-refractivity contribution in [2.75, 3.05) is 54.9 Å². The minimum atomic E-state index is -2.34. The molecule has 7 nitrogen and oxygen atoms in total. The molecule has 0 saturated carbocycles. The van der Waals surface area contributed by atoms with E-state index < -0.39 is 10.7 Å². The van der Waals surface area contributed by atoms with Gasteiger partial charge >= 0.3 is 0 Å². The van der Waals surface area contributed by atoms with Crippen LogP contribution in [0.15, 0.2) is 12.3 Å². The van der Waals surface area contributed by atoms with Crippen molar-refractivity contribution in [1.82, 2.24) is 14.9 Å². The van der Waals surface area contributed by atoms with Gasteiger partial charge in [-0.15, -0.1) is 0 Å². The van der Waals surface area contributed by atoms with Gasteiger partial charge in [0, 0.05) is 45.5 Å². The molecule has 1 fully saturated rings. The van der Waals surface area contributed by atoms with E-state index in [0.29, 0.717) is 0 Å². The van der Waals surface area contributed by atoms with Gasteiger partial charge in [-0.05, 0) is 19.9 Å². The van der Waals surface area contributed by atoms with Crippen LogP contribution in [0.2, 0.25) is 0 Å². The minimum Gasteiger partial charge on any atom is -0.357 e. The molecule has 1 aromatic rings. The van der Waals surface area contributed by atoms with Crippen LogP contribution in [-0.2, 0) is 10.7 Å². The van der Waals surface area contributed by atoms with E-state index in [1.54, 1.807) is 6.20 Å². The van der Waals surface area contributed by atoms with Crippen molar-refractivity contribution in [2.45, 2.75) is 13.8 Å². The standard InChI is InChI=1S/C13H23N5O2S/c1-3-17(4-2)12-5-6-14-13(15-12)18-9-7-16(8-10-18)11-21(19)20/h5-6,21H,3-4,7-11H2,1-2H3. The van der Waals surface area contributed by atoms with Gasteiger partial charge in [0.05, 0.1) is 5.88 Å². The zero-order valence-electron chi connectivity index (χ0n) is 12.6. The summed E-state index contributed by atoms with van der Waals surface area (Å²) in [6.07, 6.45) is 1.79. The summed E-state index contributed by atoms with van der Waals surface area (Å²) in [6, 6.07) is 1.93. The summed E-state index contributed by atoms with van der Waals surface area (Å²) < 4.78 is 21.5. The number of hydrogen-bond donors (Lipinski definition) is 1. The first-order valence-electron chi connectivity index (χ1n) is 7.31. The summed E-state index contributed by atoms with van der Waals surface area (Å²) in [4.78, 5) is 15.2. The minimum absolute atomic E-state index is 0.142. The molecule has 1 aliphatic heterocycles. The van der Waals surface area contributed by atoms with Crippen molar-refractivity contribution in [2.24, 2.45) is 0 Å². The molecule has 1 aliphatic rings. The van der Waals surface area contributed by atoms with Gasteiger partial charge in [0.25, 0.3) is 0 Å². The van der Waals surface area contributed by atoms with Gasteiger partial charge in [0.1, 0.15) is 5.82 Å². The van der Waals surface area contributed by atoms with E-state index in [0.717, 1.165) is 51.0 Å². The highest BCUT2D eigenvalue weighted by atomic mass is 32.2. The molecule has 0 radical (unpaired) electrons. The Kier molecular flexibility index (Phi) is 5.75. The fourth-order valence-electron chi connectivity index (χ4n) is 2.47. The maximum atomic E-state index is 10.8. The third-order valence-electron chi connectivity index (χ3n) is 3.69. The molecule has 2 rings (SSSR count). The molecule has 0 unspecified atom stereocenters. The van der Waals surface area contributed by atoms with Crippen LogP contribution in [0.25, 0.3) is 0 Å². The van der Waals surface area contributed by atoms with E-state index in [1.807, 2.05) is 11.0 Å². The van der Waals surface area contributed by atoms with E-state index in [1.165, 1.54) is 0 Å². The summed E-state index contributed by atoms with van der Waals surface area (Å²) >= 11 is 0. The van der Waals surface area contributed by atoms with Crippen molar-refractivity contribution in [3.63, 3.8) is 0 Å². The number of anilines is 2. The first-order valence-corrected chi connectivity index (χ1v) is 8.67. The third-order valence-corrected chi connectivity index (χ3v) is 4.32. The summed E-state index contributed by atoms with van der Waals surface area (Å²) in [5, 5.41) is 0. The predicted octanol–water partition coefficient (Wildman–Crippen LogP) is 0.0137. The fraction of sp³-hybridized carbons (Fsp3) is 0.692. The first kappa shape index (κ1) is 16.0. The highest BCUT2D eigenvalue weighted by Gasteiger charge is 2.19. The largest absolute Gasteiger partial charge is 0.357 e. The predicted molar refractivity (Wildman–Crippen MR) is 84.6 cm³/mol. The van der Waals surface area contributed by atoms with Crippen LogP contribution >= 0.6 is 0 Å². The monoisotopic (exact) mass is 313 g/mol. The molecule has 0 aromatic carbocycles. The molecule has 118 valence electrons. The second-order valence-electron chi connectivity index (χ2n) is 4.97. The summed E-state index contributed by atoms with van der Waals surface area (Å²) in [6.45, 7) is 9.00. The molecule has 8 heteroatoms. The third kappa shape index (κ3) is 4.28. The van der Waals surface area contributed by atoms with Crippen molar-refractivity contribution in [3.8, 4) is 0 Å². The number of thiol groups is 1. The van der Waals surface area contributed by atoms with Gasteiger partial charge in [-0.2, -0.15) is 4.98 Å². The van der Waals surface area contributed by atoms with Gasteiger partial charge in [0.15, 0.2) is 10.7 Å². The van der Waals surface area contributed by atoms with Gasteiger partial charge in [-0.1, -0.05) is 0 Å². The van der Waals surface area contributed by atoms with E-state index in [9.17, 15) is 8.42 Å². The molecular formula is C13H23N5O2S. The van der Waals surface area contributed by atoms with Crippen LogP contribution in [0.1, 0.15) is 13.8 Å². The van der Waals surface area contributed by atoms with E-state index in [2.05, 4.69) is 33.6 Å². The molecule has 0 N–H and O–H groups in total. The molecule has 1 saturated heterocycles.